The van der Waals surface area contributed by atoms with E-state index in [0.29, 0.717) is 16.0 Å². The van der Waals surface area contributed by atoms with Gasteiger partial charge in [0, 0.05) is 18.7 Å². The smallest absolute Gasteiger partial charge is 0.273 e. The number of nitrogens with zero attached hydrogens (tertiary/aromatic N) is 1. The van der Waals surface area contributed by atoms with E-state index in [1.807, 2.05) is 6.07 Å². The van der Waals surface area contributed by atoms with E-state index in [1.165, 1.54) is 11.3 Å². The molecule has 1 aliphatic rings. The number of hydrogen-bond donors (Lipinski definition) is 2. The van der Waals surface area contributed by atoms with Crippen LogP contribution in [-0.2, 0) is 0 Å². The first-order valence-corrected chi connectivity index (χ1v) is 8.49. The molecule has 0 unspecified atom stereocenters. The van der Waals surface area contributed by atoms with Gasteiger partial charge in [-0.3, -0.25) is 4.79 Å². The Hall–Kier alpha value is -1.37. The van der Waals surface area contributed by atoms with Crippen LogP contribution in [0.25, 0.3) is 10.6 Å². The number of halogens is 1. The molecule has 0 bridgehead atoms. The van der Waals surface area contributed by atoms with Gasteiger partial charge in [-0.25, -0.2) is 0 Å². The van der Waals surface area contributed by atoms with Gasteiger partial charge in [0.25, 0.3) is 5.91 Å². The molecule has 0 atom stereocenters. The summed E-state index contributed by atoms with van der Waals surface area (Å²) in [6.07, 6.45) is 3.67. The fraction of sp³-hybridized carbons (Fsp3) is 0.467. The highest BCUT2D eigenvalue weighted by Gasteiger charge is 2.23. The van der Waals surface area contributed by atoms with Gasteiger partial charge < -0.3 is 14.9 Å². The van der Waals surface area contributed by atoms with E-state index < -0.39 is 0 Å². The predicted octanol–water partition coefficient (Wildman–Crippen LogP) is 3.34. The highest BCUT2D eigenvalue weighted by Crippen LogP contribution is 2.31. The third-order valence-corrected chi connectivity index (χ3v) is 5.24. The Bertz CT molecular complexity index is 647. The second-order valence-electron chi connectivity index (χ2n) is 5.55. The van der Waals surface area contributed by atoms with Crippen molar-refractivity contribution in [3.8, 4) is 10.6 Å². The van der Waals surface area contributed by atoms with Gasteiger partial charge >= 0.3 is 0 Å². The van der Waals surface area contributed by atoms with Crippen LogP contribution >= 0.6 is 22.9 Å². The van der Waals surface area contributed by atoms with Crippen LogP contribution in [0.15, 0.2) is 22.7 Å². The molecule has 0 aliphatic heterocycles. The summed E-state index contributed by atoms with van der Waals surface area (Å²) < 4.78 is 5.88. The summed E-state index contributed by atoms with van der Waals surface area (Å²) in [6, 6.07) is 5.40. The number of aliphatic hydroxyl groups is 1. The van der Waals surface area contributed by atoms with E-state index in [1.54, 1.807) is 12.1 Å². The standard InChI is InChI=1S/C15H17ClN2O3S/c16-14-6-5-13(22-14)12-7-11(18-21-12)15(20)17-10-3-1-9(8-19)2-4-10/h5-7,9-10,19H,1-4,8H2,(H,17,20). The zero-order chi connectivity index (χ0) is 15.5. The molecule has 1 amide bonds. The monoisotopic (exact) mass is 340 g/mol. The Kier molecular flexibility index (Phi) is 4.81. The van der Waals surface area contributed by atoms with Crippen LogP contribution in [0.1, 0.15) is 36.2 Å². The second kappa shape index (κ2) is 6.81. The van der Waals surface area contributed by atoms with Crippen molar-refractivity contribution >= 4 is 28.8 Å². The Morgan fingerprint density at radius 2 is 2.18 bits per heavy atom. The fourth-order valence-electron chi connectivity index (χ4n) is 2.69. The molecule has 2 heterocycles. The molecule has 2 N–H and O–H groups in total. The summed E-state index contributed by atoms with van der Waals surface area (Å²) in [5.41, 5.74) is 0.281. The van der Waals surface area contributed by atoms with Crippen molar-refractivity contribution < 1.29 is 14.4 Å². The van der Waals surface area contributed by atoms with Crippen molar-refractivity contribution in [1.82, 2.24) is 10.5 Å². The number of carbonyl (C=O) groups excluding carboxylic acids is 1. The quantitative estimate of drug-likeness (QED) is 0.895. The number of thiophene rings is 1. The molecule has 5 nitrogen and oxygen atoms in total. The Labute approximate surface area is 137 Å². The van der Waals surface area contributed by atoms with Crippen molar-refractivity contribution in [3.63, 3.8) is 0 Å². The molecule has 7 heteroatoms. The van der Waals surface area contributed by atoms with Crippen LogP contribution in [-0.4, -0.2) is 28.8 Å². The molecule has 1 fully saturated rings. The first-order chi connectivity index (χ1) is 10.7. The maximum atomic E-state index is 12.2. The normalized spacial score (nSPS) is 21.7. The lowest BCUT2D eigenvalue weighted by atomic mass is 9.86. The average molecular weight is 341 g/mol. The SMILES string of the molecule is O=C(NC1CCC(CO)CC1)c1cc(-c2ccc(Cl)s2)on1. The van der Waals surface area contributed by atoms with Crippen LogP contribution < -0.4 is 5.32 Å². The topological polar surface area (TPSA) is 75.4 Å². The van der Waals surface area contributed by atoms with E-state index in [4.69, 9.17) is 21.2 Å². The molecule has 0 aromatic carbocycles. The molecule has 0 radical (unpaired) electrons. The lowest BCUT2D eigenvalue weighted by Crippen LogP contribution is -2.38. The summed E-state index contributed by atoms with van der Waals surface area (Å²) >= 11 is 7.27. The van der Waals surface area contributed by atoms with E-state index in [-0.39, 0.29) is 24.2 Å². The molecule has 118 valence electrons. The fourth-order valence-corrected chi connectivity index (χ4v) is 3.69. The molecule has 22 heavy (non-hydrogen) atoms. The Morgan fingerprint density at radius 1 is 1.41 bits per heavy atom. The minimum Gasteiger partial charge on any atom is -0.396 e. The summed E-state index contributed by atoms with van der Waals surface area (Å²) in [7, 11) is 0. The van der Waals surface area contributed by atoms with Crippen molar-refractivity contribution in [3.05, 3.63) is 28.2 Å². The number of hydrogen-bond acceptors (Lipinski definition) is 5. The summed E-state index contributed by atoms with van der Waals surface area (Å²) in [5, 5.41) is 16.0. The van der Waals surface area contributed by atoms with Gasteiger partial charge in [-0.2, -0.15) is 0 Å². The van der Waals surface area contributed by atoms with Crippen LogP contribution in [0.3, 0.4) is 0 Å². The molecule has 1 saturated carbocycles. The van der Waals surface area contributed by atoms with Crippen LogP contribution in [0.4, 0.5) is 0 Å². The molecular weight excluding hydrogens is 324 g/mol. The molecule has 1 aliphatic carbocycles. The second-order valence-corrected chi connectivity index (χ2v) is 7.27. The first-order valence-electron chi connectivity index (χ1n) is 7.30. The van der Waals surface area contributed by atoms with E-state index in [9.17, 15) is 4.79 Å². The average Bonchev–Trinajstić information content (AvgIpc) is 3.16. The highest BCUT2D eigenvalue weighted by atomic mass is 35.5. The summed E-state index contributed by atoms with van der Waals surface area (Å²) in [4.78, 5) is 13.1. The van der Waals surface area contributed by atoms with E-state index in [0.717, 1.165) is 30.6 Å². The van der Waals surface area contributed by atoms with Gasteiger partial charge in [-0.15, -0.1) is 11.3 Å². The minimum atomic E-state index is -0.217. The number of rotatable bonds is 4. The lowest BCUT2D eigenvalue weighted by molar-refractivity contribution is 0.0905. The molecule has 2 aromatic heterocycles. The van der Waals surface area contributed by atoms with Crippen molar-refractivity contribution in [2.75, 3.05) is 6.61 Å². The van der Waals surface area contributed by atoms with Crippen LogP contribution in [0, 0.1) is 5.92 Å². The summed E-state index contributed by atoms with van der Waals surface area (Å²) in [6.45, 7) is 0.233. The largest absolute Gasteiger partial charge is 0.396 e. The van der Waals surface area contributed by atoms with E-state index in [2.05, 4.69) is 10.5 Å². The first kappa shape index (κ1) is 15.5. The minimum absolute atomic E-state index is 0.145. The van der Waals surface area contributed by atoms with Crippen molar-refractivity contribution in [2.24, 2.45) is 5.92 Å². The van der Waals surface area contributed by atoms with Crippen LogP contribution in [0.5, 0.6) is 0 Å². The number of carbonyl (C=O) groups is 1. The van der Waals surface area contributed by atoms with E-state index >= 15 is 0 Å². The Balaban J connectivity index is 1.60. The van der Waals surface area contributed by atoms with Gasteiger partial charge in [-0.1, -0.05) is 16.8 Å². The number of amides is 1. The molecule has 3 rings (SSSR count). The van der Waals surface area contributed by atoms with Crippen LogP contribution in [0.2, 0.25) is 4.34 Å². The maximum absolute atomic E-state index is 12.2. The predicted molar refractivity (Wildman–Crippen MR) is 85.1 cm³/mol. The van der Waals surface area contributed by atoms with Gasteiger partial charge in [-0.05, 0) is 43.7 Å². The molecule has 0 saturated heterocycles. The Morgan fingerprint density at radius 3 is 2.82 bits per heavy atom. The number of aromatic nitrogens is 1. The number of nitrogens with one attached hydrogen (secondary N) is 1. The third-order valence-electron chi connectivity index (χ3n) is 4.00. The summed E-state index contributed by atoms with van der Waals surface area (Å²) in [5.74, 6) is 0.700. The van der Waals surface area contributed by atoms with Gasteiger partial charge in [0.15, 0.2) is 11.5 Å². The third kappa shape index (κ3) is 3.51. The van der Waals surface area contributed by atoms with Gasteiger partial charge in [0.2, 0.25) is 0 Å². The van der Waals surface area contributed by atoms with Gasteiger partial charge in [0.05, 0.1) is 9.21 Å². The lowest BCUT2D eigenvalue weighted by Gasteiger charge is -2.27. The molecular formula is C15H17ClN2O3S. The van der Waals surface area contributed by atoms with Crippen molar-refractivity contribution in [2.45, 2.75) is 31.7 Å². The highest BCUT2D eigenvalue weighted by molar-refractivity contribution is 7.19. The van der Waals surface area contributed by atoms with Crippen molar-refractivity contribution in [1.29, 1.82) is 0 Å². The maximum Gasteiger partial charge on any atom is 0.273 e. The zero-order valence-electron chi connectivity index (χ0n) is 11.9. The number of aliphatic hydroxyl groups excluding tert-OH is 1. The van der Waals surface area contributed by atoms with Gasteiger partial charge in [0.1, 0.15) is 0 Å². The molecule has 0 spiro atoms. The molecule has 2 aromatic rings. The zero-order valence-corrected chi connectivity index (χ0v) is 13.5.